The van der Waals surface area contributed by atoms with Crippen molar-refractivity contribution in [3.63, 3.8) is 0 Å². The zero-order chi connectivity index (χ0) is 10.2. The minimum Gasteiger partial charge on any atom is -0.0851 e. The molecule has 1 rings (SSSR count). The molecule has 1 saturated carbocycles. The molecule has 0 aliphatic heterocycles. The zero-order valence-electron chi connectivity index (χ0n) is 10.0. The van der Waals surface area contributed by atoms with E-state index in [1.54, 1.807) is 5.57 Å². The fraction of sp³-hybridized carbons (Fsp3) is 0.857. The second-order valence-corrected chi connectivity index (χ2v) is 4.78. The Hall–Kier alpha value is -0.260. The van der Waals surface area contributed by atoms with E-state index in [9.17, 15) is 0 Å². The number of allylic oxidation sites excluding steroid dienone is 2. The summed E-state index contributed by atoms with van der Waals surface area (Å²) in [5, 5.41) is 0. The van der Waals surface area contributed by atoms with E-state index in [0.29, 0.717) is 0 Å². The Kier molecular flexibility index (Phi) is 5.98. The average molecular weight is 194 g/mol. The number of hydrogen-bond donors (Lipinski definition) is 0. The van der Waals surface area contributed by atoms with Gasteiger partial charge in [0.25, 0.3) is 0 Å². The molecule has 0 spiro atoms. The normalized spacial score (nSPS) is 24.7. The lowest BCUT2D eigenvalue weighted by atomic mass is 10.0. The van der Waals surface area contributed by atoms with Crippen molar-refractivity contribution >= 4 is 0 Å². The first-order valence-electron chi connectivity index (χ1n) is 6.53. The van der Waals surface area contributed by atoms with Gasteiger partial charge < -0.3 is 0 Å². The Morgan fingerprint density at radius 1 is 1.21 bits per heavy atom. The van der Waals surface area contributed by atoms with Gasteiger partial charge in [-0.15, -0.1) is 0 Å². The van der Waals surface area contributed by atoms with E-state index in [2.05, 4.69) is 19.9 Å². The number of hydrogen-bond acceptors (Lipinski definition) is 0. The van der Waals surface area contributed by atoms with Crippen LogP contribution < -0.4 is 0 Å². The van der Waals surface area contributed by atoms with Crippen LogP contribution in [-0.2, 0) is 0 Å². The molecule has 0 nitrogen and oxygen atoms in total. The highest BCUT2D eigenvalue weighted by Crippen LogP contribution is 2.30. The van der Waals surface area contributed by atoms with E-state index in [0.717, 1.165) is 5.92 Å². The van der Waals surface area contributed by atoms with Crippen LogP contribution in [0.15, 0.2) is 11.6 Å². The van der Waals surface area contributed by atoms with Crippen LogP contribution >= 0.6 is 0 Å². The Bertz CT molecular complexity index is 167. The second-order valence-electron chi connectivity index (χ2n) is 4.78. The lowest BCUT2D eigenvalue weighted by Crippen LogP contribution is -1.88. The largest absolute Gasteiger partial charge is 0.0851 e. The number of rotatable bonds is 6. The molecule has 0 saturated heterocycles. The van der Waals surface area contributed by atoms with Gasteiger partial charge in [-0.1, -0.05) is 51.2 Å². The van der Waals surface area contributed by atoms with Gasteiger partial charge in [0.15, 0.2) is 0 Å². The predicted octanol–water partition coefficient (Wildman–Crippen LogP) is 5.09. The van der Waals surface area contributed by atoms with Crippen molar-refractivity contribution in [3.8, 4) is 0 Å². The minimum absolute atomic E-state index is 0.894. The Balaban J connectivity index is 2.02. The maximum absolute atomic E-state index is 2.53. The Morgan fingerprint density at radius 3 is 2.64 bits per heavy atom. The first kappa shape index (κ1) is 11.8. The standard InChI is InChI=1S/C14H26/c1-3-4-5-6-7-8-11-14-12-9-10-13(14)2/h11,13H,3-10,12H2,1-2H3. The molecule has 0 amide bonds. The van der Waals surface area contributed by atoms with Crippen molar-refractivity contribution in [3.05, 3.63) is 11.6 Å². The highest BCUT2D eigenvalue weighted by atomic mass is 14.2. The summed E-state index contributed by atoms with van der Waals surface area (Å²) in [7, 11) is 0. The van der Waals surface area contributed by atoms with Gasteiger partial charge in [0.2, 0.25) is 0 Å². The zero-order valence-corrected chi connectivity index (χ0v) is 10.0. The molecule has 1 aliphatic carbocycles. The van der Waals surface area contributed by atoms with Crippen LogP contribution in [0.2, 0.25) is 0 Å². The summed E-state index contributed by atoms with van der Waals surface area (Å²) in [5.41, 5.74) is 1.75. The highest BCUT2D eigenvalue weighted by Gasteiger charge is 2.14. The third-order valence-corrected chi connectivity index (χ3v) is 3.45. The van der Waals surface area contributed by atoms with Crippen molar-refractivity contribution in [1.82, 2.24) is 0 Å². The molecule has 1 atom stereocenters. The summed E-state index contributed by atoms with van der Waals surface area (Å²) in [6.07, 6.45) is 15.2. The monoisotopic (exact) mass is 194 g/mol. The summed E-state index contributed by atoms with van der Waals surface area (Å²) in [5.74, 6) is 0.894. The van der Waals surface area contributed by atoms with E-state index >= 15 is 0 Å². The van der Waals surface area contributed by atoms with Gasteiger partial charge in [0.1, 0.15) is 0 Å². The average Bonchev–Trinajstić information content (AvgIpc) is 2.58. The Morgan fingerprint density at radius 2 is 2.00 bits per heavy atom. The molecule has 1 aliphatic rings. The topological polar surface area (TPSA) is 0 Å². The quantitative estimate of drug-likeness (QED) is 0.408. The SMILES string of the molecule is CCCCCCCC=C1CCCC1C. The molecule has 1 fully saturated rings. The first-order chi connectivity index (χ1) is 6.84. The molecule has 0 N–H and O–H groups in total. The molecular formula is C14H26. The second kappa shape index (κ2) is 7.09. The molecule has 14 heavy (non-hydrogen) atoms. The molecule has 1 unspecified atom stereocenters. The van der Waals surface area contributed by atoms with Crippen molar-refractivity contribution in [1.29, 1.82) is 0 Å². The van der Waals surface area contributed by atoms with Crippen LogP contribution in [0.5, 0.6) is 0 Å². The maximum atomic E-state index is 2.53. The molecule has 0 heterocycles. The number of unbranched alkanes of at least 4 members (excludes halogenated alkanes) is 5. The van der Waals surface area contributed by atoms with E-state index in [1.807, 2.05) is 0 Å². The Labute approximate surface area is 89.8 Å². The van der Waals surface area contributed by atoms with E-state index in [-0.39, 0.29) is 0 Å². The molecule has 0 aromatic rings. The third kappa shape index (κ3) is 4.30. The van der Waals surface area contributed by atoms with E-state index in [1.165, 1.54) is 57.8 Å². The summed E-state index contributed by atoms with van der Waals surface area (Å²) < 4.78 is 0. The van der Waals surface area contributed by atoms with E-state index < -0.39 is 0 Å². The third-order valence-electron chi connectivity index (χ3n) is 3.45. The van der Waals surface area contributed by atoms with E-state index in [4.69, 9.17) is 0 Å². The van der Waals surface area contributed by atoms with Gasteiger partial charge in [0.05, 0.1) is 0 Å². The van der Waals surface area contributed by atoms with Gasteiger partial charge in [-0.05, 0) is 38.0 Å². The van der Waals surface area contributed by atoms with Crippen LogP contribution in [0.1, 0.15) is 71.6 Å². The highest BCUT2D eigenvalue weighted by molar-refractivity contribution is 5.09. The van der Waals surface area contributed by atoms with Crippen LogP contribution in [0, 0.1) is 5.92 Å². The summed E-state index contributed by atoms with van der Waals surface area (Å²) in [6.45, 7) is 4.66. The molecule has 82 valence electrons. The smallest absolute Gasteiger partial charge is 0.0232 e. The van der Waals surface area contributed by atoms with Crippen molar-refractivity contribution in [2.75, 3.05) is 0 Å². The van der Waals surface area contributed by atoms with Crippen molar-refractivity contribution in [2.24, 2.45) is 5.92 Å². The molecule has 0 aromatic heterocycles. The maximum Gasteiger partial charge on any atom is -0.0232 e. The fourth-order valence-electron chi connectivity index (χ4n) is 2.38. The molecule has 0 aromatic carbocycles. The lowest BCUT2D eigenvalue weighted by molar-refractivity contribution is 0.633. The fourth-order valence-corrected chi connectivity index (χ4v) is 2.38. The predicted molar refractivity (Wildman–Crippen MR) is 64.5 cm³/mol. The molecule has 0 heteroatoms. The minimum atomic E-state index is 0.894. The van der Waals surface area contributed by atoms with Crippen LogP contribution in [0.4, 0.5) is 0 Å². The van der Waals surface area contributed by atoms with Gasteiger partial charge in [-0.25, -0.2) is 0 Å². The van der Waals surface area contributed by atoms with Gasteiger partial charge >= 0.3 is 0 Å². The van der Waals surface area contributed by atoms with Gasteiger partial charge in [-0.3, -0.25) is 0 Å². The lowest BCUT2D eigenvalue weighted by Gasteiger charge is -2.04. The van der Waals surface area contributed by atoms with Crippen LogP contribution in [0.3, 0.4) is 0 Å². The van der Waals surface area contributed by atoms with Gasteiger partial charge in [-0.2, -0.15) is 0 Å². The van der Waals surface area contributed by atoms with Crippen molar-refractivity contribution in [2.45, 2.75) is 71.6 Å². The van der Waals surface area contributed by atoms with Crippen LogP contribution in [0.25, 0.3) is 0 Å². The summed E-state index contributed by atoms with van der Waals surface area (Å²) in [6, 6.07) is 0. The van der Waals surface area contributed by atoms with Gasteiger partial charge in [0, 0.05) is 0 Å². The van der Waals surface area contributed by atoms with Crippen LogP contribution in [-0.4, -0.2) is 0 Å². The molecular weight excluding hydrogens is 168 g/mol. The molecule has 0 radical (unpaired) electrons. The molecule has 0 bridgehead atoms. The summed E-state index contributed by atoms with van der Waals surface area (Å²) in [4.78, 5) is 0. The van der Waals surface area contributed by atoms with Crippen molar-refractivity contribution < 1.29 is 0 Å². The first-order valence-corrected chi connectivity index (χ1v) is 6.53. The summed E-state index contributed by atoms with van der Waals surface area (Å²) >= 11 is 0.